The van der Waals surface area contributed by atoms with Gasteiger partial charge < -0.3 is 15.3 Å². The number of carboxylic acid groups (broad SMARTS) is 1. The summed E-state index contributed by atoms with van der Waals surface area (Å²) in [5, 5.41) is 12.0. The number of nitrogens with zero attached hydrogens (tertiary/aromatic N) is 1. The Morgan fingerprint density at radius 3 is 2.78 bits per heavy atom. The van der Waals surface area contributed by atoms with Crippen molar-refractivity contribution in [1.82, 2.24) is 10.2 Å². The van der Waals surface area contributed by atoms with Crippen LogP contribution in [0, 0.1) is 5.92 Å². The summed E-state index contributed by atoms with van der Waals surface area (Å²) in [5.74, 6) is -1.20. The molecule has 2 aliphatic rings. The molecule has 1 heterocycles. The first-order chi connectivity index (χ1) is 8.66. The van der Waals surface area contributed by atoms with Crippen LogP contribution in [0.1, 0.15) is 32.1 Å². The number of allylic oxidation sites excluding steroid dienone is 1. The Hall–Kier alpha value is -1.52. The highest BCUT2D eigenvalue weighted by molar-refractivity contribution is 5.76. The van der Waals surface area contributed by atoms with Gasteiger partial charge in [0.2, 0.25) is 0 Å². The van der Waals surface area contributed by atoms with Gasteiger partial charge in [-0.05, 0) is 32.1 Å². The molecule has 0 aromatic rings. The maximum Gasteiger partial charge on any atom is 0.317 e. The lowest BCUT2D eigenvalue weighted by Crippen LogP contribution is -2.49. The summed E-state index contributed by atoms with van der Waals surface area (Å²) >= 11 is 0. The number of carbonyl (C=O) groups excluding carboxylic acids is 1. The summed E-state index contributed by atoms with van der Waals surface area (Å²) in [6.45, 7) is 1.00. The van der Waals surface area contributed by atoms with Gasteiger partial charge in [0, 0.05) is 19.1 Å². The zero-order valence-electron chi connectivity index (χ0n) is 10.5. The number of hydrogen-bond donors (Lipinski definition) is 2. The van der Waals surface area contributed by atoms with Crippen molar-refractivity contribution in [3.63, 3.8) is 0 Å². The maximum atomic E-state index is 12.0. The standard InChI is InChI=1S/C13H20N2O3/c16-12(17)10-5-4-8-15(9-10)13(18)14-11-6-2-1-3-7-11/h1-2,10-11H,3-9H2,(H,14,18)(H,16,17)/t10-,11?/m1/s1. The van der Waals surface area contributed by atoms with Gasteiger partial charge in [-0.15, -0.1) is 0 Å². The first-order valence-electron chi connectivity index (χ1n) is 6.60. The smallest absolute Gasteiger partial charge is 0.317 e. The van der Waals surface area contributed by atoms with E-state index in [1.54, 1.807) is 4.90 Å². The van der Waals surface area contributed by atoms with Crippen LogP contribution in [0.25, 0.3) is 0 Å². The topological polar surface area (TPSA) is 69.6 Å². The zero-order valence-corrected chi connectivity index (χ0v) is 10.5. The largest absolute Gasteiger partial charge is 0.481 e. The Morgan fingerprint density at radius 2 is 2.11 bits per heavy atom. The molecule has 1 unspecified atom stereocenters. The number of rotatable bonds is 2. The van der Waals surface area contributed by atoms with Crippen LogP contribution in [0.4, 0.5) is 4.79 Å². The molecule has 0 aromatic heterocycles. The molecule has 0 saturated carbocycles. The van der Waals surface area contributed by atoms with Crippen LogP contribution < -0.4 is 5.32 Å². The fourth-order valence-electron chi connectivity index (χ4n) is 2.55. The van der Waals surface area contributed by atoms with Gasteiger partial charge in [-0.3, -0.25) is 4.79 Å². The van der Waals surface area contributed by atoms with Gasteiger partial charge in [-0.1, -0.05) is 12.2 Å². The van der Waals surface area contributed by atoms with Crippen molar-refractivity contribution in [3.8, 4) is 0 Å². The summed E-state index contributed by atoms with van der Waals surface area (Å²) in [5.41, 5.74) is 0. The molecular weight excluding hydrogens is 232 g/mol. The van der Waals surface area contributed by atoms with Crippen molar-refractivity contribution >= 4 is 12.0 Å². The molecule has 18 heavy (non-hydrogen) atoms. The Labute approximate surface area is 107 Å². The number of urea groups is 1. The number of nitrogens with one attached hydrogen (secondary N) is 1. The second kappa shape index (κ2) is 5.89. The van der Waals surface area contributed by atoms with Gasteiger partial charge in [-0.25, -0.2) is 4.79 Å². The van der Waals surface area contributed by atoms with Crippen LogP contribution in [0.15, 0.2) is 12.2 Å². The van der Waals surface area contributed by atoms with Crippen molar-refractivity contribution in [2.24, 2.45) is 5.92 Å². The number of hydrogen-bond acceptors (Lipinski definition) is 2. The monoisotopic (exact) mass is 252 g/mol. The van der Waals surface area contributed by atoms with Gasteiger partial charge in [0.15, 0.2) is 0 Å². The predicted octanol–water partition coefficient (Wildman–Crippen LogP) is 1.60. The second-order valence-electron chi connectivity index (χ2n) is 5.05. The minimum absolute atomic E-state index is 0.110. The molecule has 1 aliphatic heterocycles. The maximum absolute atomic E-state index is 12.0. The fraction of sp³-hybridized carbons (Fsp3) is 0.692. The van der Waals surface area contributed by atoms with E-state index in [2.05, 4.69) is 17.5 Å². The number of likely N-dealkylation sites (tertiary alicyclic amines) is 1. The lowest BCUT2D eigenvalue weighted by atomic mass is 9.98. The van der Waals surface area contributed by atoms with E-state index in [-0.39, 0.29) is 12.1 Å². The molecular formula is C13H20N2O3. The third-order valence-electron chi connectivity index (χ3n) is 3.65. The lowest BCUT2D eigenvalue weighted by molar-refractivity contribution is -0.143. The SMILES string of the molecule is O=C(O)[C@@H]1CCCN(C(=O)NC2CC=CCC2)C1. The molecule has 100 valence electrons. The van der Waals surface area contributed by atoms with E-state index in [0.717, 1.165) is 25.7 Å². The quantitative estimate of drug-likeness (QED) is 0.733. The van der Waals surface area contributed by atoms with Crippen molar-refractivity contribution in [2.45, 2.75) is 38.1 Å². The molecule has 5 nitrogen and oxygen atoms in total. The summed E-state index contributed by atoms with van der Waals surface area (Å²) in [7, 11) is 0. The van der Waals surface area contributed by atoms with E-state index in [9.17, 15) is 9.59 Å². The third kappa shape index (κ3) is 3.24. The predicted molar refractivity (Wildman–Crippen MR) is 67.2 cm³/mol. The Kier molecular flexibility index (Phi) is 4.23. The van der Waals surface area contributed by atoms with E-state index in [0.29, 0.717) is 19.5 Å². The number of piperidine rings is 1. The van der Waals surface area contributed by atoms with Gasteiger partial charge in [-0.2, -0.15) is 0 Å². The number of amides is 2. The van der Waals surface area contributed by atoms with Crippen LogP contribution in [0.5, 0.6) is 0 Å². The highest BCUT2D eigenvalue weighted by atomic mass is 16.4. The van der Waals surface area contributed by atoms with Crippen LogP contribution >= 0.6 is 0 Å². The average Bonchev–Trinajstić information content (AvgIpc) is 2.40. The van der Waals surface area contributed by atoms with E-state index in [4.69, 9.17) is 5.11 Å². The minimum atomic E-state index is -0.798. The Bertz CT molecular complexity index is 354. The number of aliphatic carboxylic acids is 1. The van der Waals surface area contributed by atoms with E-state index < -0.39 is 11.9 Å². The van der Waals surface area contributed by atoms with Gasteiger partial charge >= 0.3 is 12.0 Å². The molecule has 1 fully saturated rings. The third-order valence-corrected chi connectivity index (χ3v) is 3.65. The summed E-state index contributed by atoms with van der Waals surface area (Å²) in [6, 6.07) is 0.0916. The van der Waals surface area contributed by atoms with Crippen molar-refractivity contribution in [2.75, 3.05) is 13.1 Å². The average molecular weight is 252 g/mol. The van der Waals surface area contributed by atoms with Crippen LogP contribution in [-0.4, -0.2) is 41.1 Å². The molecule has 0 aromatic carbocycles. The van der Waals surface area contributed by atoms with Gasteiger partial charge in [0.05, 0.1) is 5.92 Å². The lowest BCUT2D eigenvalue weighted by Gasteiger charge is -2.32. The van der Waals surface area contributed by atoms with Gasteiger partial charge in [0.1, 0.15) is 0 Å². The van der Waals surface area contributed by atoms with E-state index in [1.165, 1.54) is 0 Å². The summed E-state index contributed by atoms with van der Waals surface area (Å²) in [4.78, 5) is 24.6. The van der Waals surface area contributed by atoms with Gasteiger partial charge in [0.25, 0.3) is 0 Å². The Morgan fingerprint density at radius 1 is 1.28 bits per heavy atom. The highest BCUT2D eigenvalue weighted by Crippen LogP contribution is 2.17. The molecule has 0 spiro atoms. The van der Waals surface area contributed by atoms with E-state index >= 15 is 0 Å². The molecule has 2 rings (SSSR count). The molecule has 2 amide bonds. The Balaban J connectivity index is 1.84. The van der Waals surface area contributed by atoms with Crippen LogP contribution in [-0.2, 0) is 4.79 Å². The normalized spacial score (nSPS) is 27.9. The van der Waals surface area contributed by atoms with Crippen molar-refractivity contribution in [3.05, 3.63) is 12.2 Å². The number of carboxylic acids is 1. The first kappa shape index (κ1) is 12.9. The van der Waals surface area contributed by atoms with Crippen molar-refractivity contribution in [1.29, 1.82) is 0 Å². The molecule has 2 atom stereocenters. The summed E-state index contributed by atoms with van der Waals surface area (Å²) < 4.78 is 0. The molecule has 2 N–H and O–H groups in total. The first-order valence-corrected chi connectivity index (χ1v) is 6.60. The second-order valence-corrected chi connectivity index (χ2v) is 5.05. The van der Waals surface area contributed by atoms with Crippen LogP contribution in [0.2, 0.25) is 0 Å². The number of carbonyl (C=O) groups is 2. The van der Waals surface area contributed by atoms with E-state index in [1.807, 2.05) is 0 Å². The van der Waals surface area contributed by atoms with Crippen LogP contribution in [0.3, 0.4) is 0 Å². The molecule has 1 aliphatic carbocycles. The highest BCUT2D eigenvalue weighted by Gasteiger charge is 2.28. The molecule has 1 saturated heterocycles. The molecule has 0 bridgehead atoms. The molecule has 5 heteroatoms. The fourth-order valence-corrected chi connectivity index (χ4v) is 2.55. The molecule has 0 radical (unpaired) electrons. The van der Waals surface area contributed by atoms with Crippen molar-refractivity contribution < 1.29 is 14.7 Å². The minimum Gasteiger partial charge on any atom is -0.481 e. The summed E-state index contributed by atoms with van der Waals surface area (Å²) in [6.07, 6.45) is 8.51. The zero-order chi connectivity index (χ0) is 13.0.